The summed E-state index contributed by atoms with van der Waals surface area (Å²) in [6.45, 7) is 0. The second-order valence-electron chi connectivity index (χ2n) is 5.02. The number of rotatable bonds is 1. The summed E-state index contributed by atoms with van der Waals surface area (Å²) in [5.41, 5.74) is 0. The fourth-order valence-electron chi connectivity index (χ4n) is 2.57. The Morgan fingerprint density at radius 3 is 1.67 bits per heavy atom. The van der Waals surface area contributed by atoms with Crippen molar-refractivity contribution in [2.24, 2.45) is 0 Å². The van der Waals surface area contributed by atoms with Crippen LogP contribution in [0, 0.1) is 0 Å². The maximum atomic E-state index is 12.6. The van der Waals surface area contributed by atoms with Gasteiger partial charge >= 0.3 is 0 Å². The largest absolute Gasteiger partial charge is 0.281 e. The van der Waals surface area contributed by atoms with Gasteiger partial charge in [-0.15, -0.1) is 0 Å². The van der Waals surface area contributed by atoms with Gasteiger partial charge in [0.15, 0.2) is 0 Å². The first kappa shape index (κ1) is 11.4. The molecule has 0 aliphatic rings. The molecule has 0 unspecified atom stereocenters. The molecular formula is C16H16OS. The highest BCUT2D eigenvalue weighted by Gasteiger charge is 2.14. The van der Waals surface area contributed by atoms with Gasteiger partial charge in [-0.25, -0.2) is 0 Å². The van der Waals surface area contributed by atoms with E-state index >= 15 is 0 Å². The van der Waals surface area contributed by atoms with Crippen molar-refractivity contribution in [2.75, 3.05) is 12.5 Å². The lowest BCUT2D eigenvalue weighted by Gasteiger charge is -2.18. The van der Waals surface area contributed by atoms with E-state index in [0.29, 0.717) is 0 Å². The smallest absolute Gasteiger partial charge is 0.0299 e. The number of benzene rings is 3. The average molecular weight is 256 g/mol. The molecule has 0 heterocycles. The third kappa shape index (κ3) is 1.73. The molecule has 1 nitrogen and oxygen atoms in total. The van der Waals surface area contributed by atoms with Crippen molar-refractivity contribution in [1.29, 1.82) is 0 Å². The Bertz CT molecular complexity index is 729. The monoisotopic (exact) mass is 256 g/mol. The molecule has 0 amide bonds. The third-order valence-corrected chi connectivity index (χ3v) is 4.84. The van der Waals surface area contributed by atoms with Crippen LogP contribution in [0.2, 0.25) is 0 Å². The second kappa shape index (κ2) is 3.92. The molecule has 0 fully saturated rings. The van der Waals surface area contributed by atoms with E-state index in [1.54, 1.807) is 0 Å². The highest BCUT2D eigenvalue weighted by atomic mass is 32.2. The summed E-state index contributed by atoms with van der Waals surface area (Å²) in [5, 5.41) is 4.55. The lowest BCUT2D eigenvalue weighted by molar-refractivity contribution is 0.679. The van der Waals surface area contributed by atoms with E-state index in [1.165, 1.54) is 0 Å². The quantitative estimate of drug-likeness (QED) is 0.520. The van der Waals surface area contributed by atoms with E-state index < -0.39 is 9.93 Å². The maximum absolute atomic E-state index is 12.6. The highest BCUT2D eigenvalue weighted by Crippen LogP contribution is 2.33. The number of thiol groups is 1. The van der Waals surface area contributed by atoms with Crippen LogP contribution in [0.1, 0.15) is 0 Å². The first-order valence-corrected chi connectivity index (χ1v) is 8.63. The third-order valence-electron chi connectivity index (χ3n) is 3.28. The second-order valence-corrected chi connectivity index (χ2v) is 8.17. The Hall–Kier alpha value is -1.67. The molecule has 0 bridgehead atoms. The summed E-state index contributed by atoms with van der Waals surface area (Å²) in [6, 6.07) is 18.5. The molecule has 0 saturated heterocycles. The van der Waals surface area contributed by atoms with Crippen LogP contribution in [0.25, 0.3) is 21.5 Å². The molecule has 3 aromatic rings. The molecule has 92 valence electrons. The average Bonchev–Trinajstić information content (AvgIpc) is 2.34. The maximum Gasteiger partial charge on any atom is 0.0299 e. The van der Waals surface area contributed by atoms with Crippen LogP contribution in [0.15, 0.2) is 59.5 Å². The number of hydrogen-bond acceptors (Lipinski definition) is 1. The van der Waals surface area contributed by atoms with Gasteiger partial charge in [-0.3, -0.25) is 4.21 Å². The van der Waals surface area contributed by atoms with Gasteiger partial charge in [-0.1, -0.05) is 58.5 Å². The van der Waals surface area contributed by atoms with Gasteiger partial charge in [-0.05, 0) is 40.1 Å². The Morgan fingerprint density at radius 1 is 0.778 bits per heavy atom. The minimum Gasteiger partial charge on any atom is -0.281 e. The van der Waals surface area contributed by atoms with Gasteiger partial charge in [0.05, 0.1) is 0 Å². The van der Waals surface area contributed by atoms with Crippen molar-refractivity contribution in [2.45, 2.75) is 4.90 Å². The molecule has 0 aromatic heterocycles. The summed E-state index contributed by atoms with van der Waals surface area (Å²) in [4.78, 5) is 1.01. The predicted molar refractivity (Wildman–Crippen MR) is 81.1 cm³/mol. The Labute approximate surface area is 108 Å². The summed E-state index contributed by atoms with van der Waals surface area (Å²) >= 11 is 0. The lowest BCUT2D eigenvalue weighted by atomic mass is 10.0. The summed E-state index contributed by atoms with van der Waals surface area (Å²) in [6.07, 6.45) is 3.70. The standard InChI is InChI=1S/C16H16OS/c1-18(2,17)16-14-9-5-3-7-12(14)11-13-8-4-6-10-15(13)16/h3-11,18H,1-2H3. The Kier molecular flexibility index (Phi) is 2.49. The molecule has 3 aromatic carbocycles. The molecule has 2 heteroatoms. The van der Waals surface area contributed by atoms with Crippen LogP contribution in [-0.4, -0.2) is 16.7 Å². The topological polar surface area (TPSA) is 17.1 Å². The van der Waals surface area contributed by atoms with Crippen molar-refractivity contribution in [1.82, 2.24) is 0 Å². The highest BCUT2D eigenvalue weighted by molar-refractivity contribution is 8.02. The molecule has 0 radical (unpaired) electrons. The SMILES string of the molecule is C[SH](C)(=O)c1c2ccccc2cc2ccccc12. The van der Waals surface area contributed by atoms with Gasteiger partial charge in [0, 0.05) is 4.90 Å². The van der Waals surface area contributed by atoms with Gasteiger partial charge in [-0.2, -0.15) is 0 Å². The summed E-state index contributed by atoms with van der Waals surface area (Å²) in [7, 11) is -2.31. The van der Waals surface area contributed by atoms with Crippen molar-refractivity contribution >= 4 is 31.5 Å². The van der Waals surface area contributed by atoms with E-state index in [9.17, 15) is 4.21 Å². The molecule has 18 heavy (non-hydrogen) atoms. The molecule has 0 saturated carbocycles. The zero-order valence-electron chi connectivity index (χ0n) is 10.6. The first-order valence-electron chi connectivity index (χ1n) is 6.03. The van der Waals surface area contributed by atoms with Crippen molar-refractivity contribution in [3.8, 4) is 0 Å². The summed E-state index contributed by atoms with van der Waals surface area (Å²) < 4.78 is 12.6. The zero-order valence-corrected chi connectivity index (χ0v) is 11.4. The molecule has 0 aliphatic carbocycles. The van der Waals surface area contributed by atoms with E-state index in [2.05, 4.69) is 30.3 Å². The Morgan fingerprint density at radius 2 is 1.22 bits per heavy atom. The number of fused-ring (bicyclic) bond motifs is 2. The van der Waals surface area contributed by atoms with Crippen molar-refractivity contribution < 1.29 is 4.21 Å². The molecule has 0 N–H and O–H groups in total. The minimum atomic E-state index is -2.31. The fourth-order valence-corrected chi connectivity index (χ4v) is 4.14. The molecule has 0 atom stereocenters. The van der Waals surface area contributed by atoms with Gasteiger partial charge < -0.3 is 0 Å². The van der Waals surface area contributed by atoms with Gasteiger partial charge in [0.1, 0.15) is 0 Å². The van der Waals surface area contributed by atoms with E-state index in [-0.39, 0.29) is 0 Å². The van der Waals surface area contributed by atoms with Gasteiger partial charge in [0.25, 0.3) is 0 Å². The van der Waals surface area contributed by atoms with Crippen molar-refractivity contribution in [3.05, 3.63) is 54.6 Å². The molecular weight excluding hydrogens is 240 g/mol. The van der Waals surface area contributed by atoms with E-state index in [4.69, 9.17) is 0 Å². The Balaban J connectivity index is 2.63. The molecule has 0 spiro atoms. The van der Waals surface area contributed by atoms with Crippen LogP contribution in [-0.2, 0) is 9.93 Å². The molecule has 3 rings (SSSR count). The van der Waals surface area contributed by atoms with Crippen LogP contribution in [0.3, 0.4) is 0 Å². The lowest BCUT2D eigenvalue weighted by Crippen LogP contribution is -2.08. The van der Waals surface area contributed by atoms with Gasteiger partial charge in [0.2, 0.25) is 0 Å². The molecule has 0 aliphatic heterocycles. The summed E-state index contributed by atoms with van der Waals surface area (Å²) in [5.74, 6) is 0. The van der Waals surface area contributed by atoms with E-state index in [1.807, 2.05) is 36.8 Å². The normalized spacial score (nSPS) is 13.0. The number of hydrogen-bond donors (Lipinski definition) is 1. The van der Waals surface area contributed by atoms with E-state index in [0.717, 1.165) is 26.4 Å². The zero-order chi connectivity index (χ0) is 12.8. The first-order chi connectivity index (χ1) is 8.57. The van der Waals surface area contributed by atoms with Crippen molar-refractivity contribution in [3.63, 3.8) is 0 Å². The van der Waals surface area contributed by atoms with Crippen LogP contribution in [0.5, 0.6) is 0 Å². The van der Waals surface area contributed by atoms with Crippen LogP contribution in [0.4, 0.5) is 0 Å². The van der Waals surface area contributed by atoms with Crippen LogP contribution >= 0.6 is 0 Å². The predicted octanol–water partition coefficient (Wildman–Crippen LogP) is 3.63. The minimum absolute atomic E-state index is 1.01. The fraction of sp³-hybridized carbons (Fsp3) is 0.125. The van der Waals surface area contributed by atoms with Crippen LogP contribution < -0.4 is 0 Å².